The van der Waals surface area contributed by atoms with Crippen molar-refractivity contribution in [2.45, 2.75) is 39.2 Å². The molecule has 106 valence electrons. The molecule has 0 radical (unpaired) electrons. The molecule has 0 spiro atoms. The van der Waals surface area contributed by atoms with Crippen molar-refractivity contribution in [3.05, 3.63) is 0 Å². The van der Waals surface area contributed by atoms with Gasteiger partial charge in [0.15, 0.2) is 0 Å². The highest BCUT2D eigenvalue weighted by atomic mass is 15.2. The Balaban J connectivity index is 1.66. The summed E-state index contributed by atoms with van der Waals surface area (Å²) >= 11 is 0. The van der Waals surface area contributed by atoms with E-state index in [1.165, 1.54) is 45.4 Å². The first-order valence-corrected chi connectivity index (χ1v) is 7.55. The van der Waals surface area contributed by atoms with Crippen LogP contribution in [0.4, 0.5) is 0 Å². The number of likely N-dealkylation sites (tertiary alicyclic amines) is 1. The molecule has 1 atom stereocenters. The van der Waals surface area contributed by atoms with Crippen LogP contribution in [0.1, 0.15) is 33.1 Å². The van der Waals surface area contributed by atoms with Crippen molar-refractivity contribution in [3.8, 4) is 0 Å². The van der Waals surface area contributed by atoms with Gasteiger partial charge in [-0.15, -0.1) is 0 Å². The van der Waals surface area contributed by atoms with Crippen molar-refractivity contribution in [1.29, 1.82) is 0 Å². The molecule has 0 aromatic carbocycles. The van der Waals surface area contributed by atoms with Crippen molar-refractivity contribution < 1.29 is 0 Å². The predicted molar refractivity (Wildman–Crippen MR) is 77.9 cm³/mol. The molecule has 1 N–H and O–H groups in total. The van der Waals surface area contributed by atoms with E-state index in [-0.39, 0.29) is 0 Å². The van der Waals surface area contributed by atoms with Gasteiger partial charge in [-0.1, -0.05) is 13.8 Å². The van der Waals surface area contributed by atoms with E-state index in [4.69, 9.17) is 0 Å². The smallest absolute Gasteiger partial charge is 0.00684 e. The third kappa shape index (κ3) is 4.87. The molecule has 1 saturated carbocycles. The number of nitrogens with zero attached hydrogens (tertiary/aromatic N) is 2. The van der Waals surface area contributed by atoms with Gasteiger partial charge >= 0.3 is 0 Å². The van der Waals surface area contributed by atoms with Crippen LogP contribution in [0.2, 0.25) is 0 Å². The van der Waals surface area contributed by atoms with Gasteiger partial charge in [-0.2, -0.15) is 0 Å². The summed E-state index contributed by atoms with van der Waals surface area (Å²) in [5.41, 5.74) is 0.391. The van der Waals surface area contributed by atoms with Crippen LogP contribution in [0.5, 0.6) is 0 Å². The SMILES string of the molecule is CN1CCC(CN(C)CC(C)(C)CNC2CC2)C1. The normalized spacial score (nSPS) is 26.2. The lowest BCUT2D eigenvalue weighted by Gasteiger charge is -2.32. The van der Waals surface area contributed by atoms with Gasteiger partial charge in [0.1, 0.15) is 0 Å². The van der Waals surface area contributed by atoms with E-state index in [1.807, 2.05) is 0 Å². The quantitative estimate of drug-likeness (QED) is 0.744. The summed E-state index contributed by atoms with van der Waals surface area (Å²) in [6.45, 7) is 11.0. The molecule has 1 unspecified atom stereocenters. The Morgan fingerprint density at radius 1 is 1.28 bits per heavy atom. The Hall–Kier alpha value is -0.120. The van der Waals surface area contributed by atoms with Crippen molar-refractivity contribution in [2.75, 3.05) is 46.8 Å². The number of rotatable bonds is 7. The van der Waals surface area contributed by atoms with Crippen LogP contribution in [0, 0.1) is 11.3 Å². The zero-order valence-corrected chi connectivity index (χ0v) is 12.7. The molecule has 1 aliphatic heterocycles. The molecule has 2 rings (SSSR count). The molecular weight excluding hydrogens is 222 g/mol. The molecule has 2 fully saturated rings. The first-order chi connectivity index (χ1) is 8.44. The maximum absolute atomic E-state index is 3.67. The highest BCUT2D eigenvalue weighted by Gasteiger charge is 2.27. The second-order valence-corrected chi connectivity index (χ2v) is 7.43. The zero-order valence-electron chi connectivity index (χ0n) is 12.7. The monoisotopic (exact) mass is 253 g/mol. The third-order valence-corrected chi connectivity index (χ3v) is 4.20. The van der Waals surface area contributed by atoms with Gasteiger partial charge in [-0.25, -0.2) is 0 Å². The van der Waals surface area contributed by atoms with E-state index in [0.29, 0.717) is 5.41 Å². The van der Waals surface area contributed by atoms with E-state index in [2.05, 4.69) is 43.1 Å². The molecule has 0 amide bonds. The molecule has 2 aliphatic rings. The fourth-order valence-corrected chi connectivity index (χ4v) is 3.18. The van der Waals surface area contributed by atoms with Crippen molar-refractivity contribution in [3.63, 3.8) is 0 Å². The van der Waals surface area contributed by atoms with Gasteiger partial charge in [0, 0.05) is 32.2 Å². The molecule has 1 aliphatic carbocycles. The van der Waals surface area contributed by atoms with Gasteiger partial charge < -0.3 is 15.1 Å². The average molecular weight is 253 g/mol. The third-order valence-electron chi connectivity index (χ3n) is 4.20. The summed E-state index contributed by atoms with van der Waals surface area (Å²) in [5, 5.41) is 3.67. The summed E-state index contributed by atoms with van der Waals surface area (Å²) in [5.74, 6) is 0.882. The van der Waals surface area contributed by atoms with Crippen LogP contribution in [0.3, 0.4) is 0 Å². The topological polar surface area (TPSA) is 18.5 Å². The van der Waals surface area contributed by atoms with Crippen molar-refractivity contribution in [1.82, 2.24) is 15.1 Å². The van der Waals surface area contributed by atoms with Gasteiger partial charge in [0.05, 0.1) is 0 Å². The minimum atomic E-state index is 0.391. The van der Waals surface area contributed by atoms with E-state index >= 15 is 0 Å². The van der Waals surface area contributed by atoms with Gasteiger partial charge in [0.25, 0.3) is 0 Å². The molecule has 1 heterocycles. The summed E-state index contributed by atoms with van der Waals surface area (Å²) in [7, 11) is 4.53. The fourth-order valence-electron chi connectivity index (χ4n) is 3.18. The van der Waals surface area contributed by atoms with Gasteiger partial charge in [-0.05, 0) is 51.2 Å². The lowest BCUT2D eigenvalue weighted by Crippen LogP contribution is -2.41. The highest BCUT2D eigenvalue weighted by Crippen LogP contribution is 2.23. The van der Waals surface area contributed by atoms with E-state index in [9.17, 15) is 0 Å². The van der Waals surface area contributed by atoms with Crippen molar-refractivity contribution >= 4 is 0 Å². The predicted octanol–water partition coefficient (Wildman–Crippen LogP) is 1.65. The first-order valence-electron chi connectivity index (χ1n) is 7.55. The summed E-state index contributed by atoms with van der Waals surface area (Å²) in [6.07, 6.45) is 4.16. The number of hydrogen-bond donors (Lipinski definition) is 1. The van der Waals surface area contributed by atoms with Crippen LogP contribution in [-0.2, 0) is 0 Å². The second kappa shape index (κ2) is 5.89. The van der Waals surface area contributed by atoms with Crippen LogP contribution in [0.15, 0.2) is 0 Å². The van der Waals surface area contributed by atoms with E-state index in [1.54, 1.807) is 0 Å². The summed E-state index contributed by atoms with van der Waals surface area (Å²) < 4.78 is 0. The highest BCUT2D eigenvalue weighted by molar-refractivity contribution is 4.85. The Morgan fingerprint density at radius 2 is 2.00 bits per heavy atom. The van der Waals surface area contributed by atoms with Crippen LogP contribution >= 0.6 is 0 Å². The lowest BCUT2D eigenvalue weighted by atomic mass is 9.92. The first kappa shape index (κ1) is 14.3. The fraction of sp³-hybridized carbons (Fsp3) is 1.00. The largest absolute Gasteiger partial charge is 0.313 e. The summed E-state index contributed by atoms with van der Waals surface area (Å²) in [6, 6.07) is 0.832. The molecule has 3 heteroatoms. The zero-order chi connectivity index (χ0) is 13.2. The molecule has 0 aromatic rings. The number of nitrogens with one attached hydrogen (secondary N) is 1. The van der Waals surface area contributed by atoms with Gasteiger partial charge in [0.2, 0.25) is 0 Å². The molecular formula is C15H31N3. The average Bonchev–Trinajstić information content (AvgIpc) is 3.00. The Kier molecular flexibility index (Phi) is 4.68. The second-order valence-electron chi connectivity index (χ2n) is 7.43. The van der Waals surface area contributed by atoms with E-state index in [0.717, 1.165) is 18.5 Å². The minimum Gasteiger partial charge on any atom is -0.313 e. The standard InChI is InChI=1S/C15H31N3/c1-15(2,11-16-14-5-6-14)12-18(4)10-13-7-8-17(3)9-13/h13-14,16H,5-12H2,1-4H3. The van der Waals surface area contributed by atoms with E-state index < -0.39 is 0 Å². The Morgan fingerprint density at radius 3 is 2.56 bits per heavy atom. The maximum atomic E-state index is 3.67. The van der Waals surface area contributed by atoms with Crippen LogP contribution in [0.25, 0.3) is 0 Å². The molecule has 1 saturated heterocycles. The maximum Gasteiger partial charge on any atom is 0.00684 e. The van der Waals surface area contributed by atoms with Gasteiger partial charge in [-0.3, -0.25) is 0 Å². The molecule has 0 bridgehead atoms. The van der Waals surface area contributed by atoms with Crippen LogP contribution < -0.4 is 5.32 Å². The Bertz CT molecular complexity index is 260. The van der Waals surface area contributed by atoms with Crippen molar-refractivity contribution in [2.24, 2.45) is 11.3 Å². The minimum absolute atomic E-state index is 0.391. The number of hydrogen-bond acceptors (Lipinski definition) is 3. The summed E-state index contributed by atoms with van der Waals surface area (Å²) in [4.78, 5) is 5.00. The molecule has 3 nitrogen and oxygen atoms in total. The lowest BCUT2D eigenvalue weighted by molar-refractivity contribution is 0.182. The Labute approximate surface area is 113 Å². The molecule has 18 heavy (non-hydrogen) atoms. The van der Waals surface area contributed by atoms with Crippen LogP contribution in [-0.4, -0.2) is 62.7 Å². The molecule has 0 aromatic heterocycles.